The second kappa shape index (κ2) is 9.60. The highest BCUT2D eigenvalue weighted by atomic mass is 16.7. The molecule has 0 saturated carbocycles. The summed E-state index contributed by atoms with van der Waals surface area (Å²) < 4.78 is 27.0. The molecule has 12 nitrogen and oxygen atoms in total. The van der Waals surface area contributed by atoms with Gasteiger partial charge in [0.2, 0.25) is 12.0 Å². The summed E-state index contributed by atoms with van der Waals surface area (Å²) in [5.74, 6) is -0.977. The number of hydrogen-bond donors (Lipinski definition) is 6. The standard InChI is InChI=1S/C23H24O12/c1-31-13-5-9(3-4-10(13)25)12-6-11(26)17-14(33-12)7-15(22(32-2)19(17)28)34-23-21(30)20(29)18(27)16(8-24)35-23/h3-7,16,18,20-21,23-25,27-30H,8H2,1-2H3/t16?,18-,20+,21?,23-/m1/s1. The Balaban J connectivity index is 1.80. The third-order valence-corrected chi connectivity index (χ3v) is 5.67. The van der Waals surface area contributed by atoms with Crippen molar-refractivity contribution in [2.24, 2.45) is 0 Å². The number of methoxy groups -OCH3 is 2. The van der Waals surface area contributed by atoms with Crippen LogP contribution in [0.5, 0.6) is 28.7 Å². The number of phenolic OH excluding ortho intramolecular Hbond substituents is 2. The van der Waals surface area contributed by atoms with Crippen molar-refractivity contribution < 1.29 is 54.0 Å². The summed E-state index contributed by atoms with van der Waals surface area (Å²) in [6, 6.07) is 6.67. The summed E-state index contributed by atoms with van der Waals surface area (Å²) in [5.41, 5.74) is -0.328. The molecule has 0 amide bonds. The molecule has 0 spiro atoms. The van der Waals surface area contributed by atoms with Crippen molar-refractivity contribution >= 4 is 11.0 Å². The van der Waals surface area contributed by atoms with E-state index in [2.05, 4.69) is 0 Å². The topological polar surface area (TPSA) is 189 Å². The smallest absolute Gasteiger partial charge is 0.229 e. The van der Waals surface area contributed by atoms with Gasteiger partial charge >= 0.3 is 0 Å². The van der Waals surface area contributed by atoms with E-state index in [1.165, 1.54) is 38.5 Å². The molecule has 1 aliphatic heterocycles. The van der Waals surface area contributed by atoms with Crippen LogP contribution in [-0.2, 0) is 4.74 Å². The van der Waals surface area contributed by atoms with E-state index in [1.54, 1.807) is 0 Å². The van der Waals surface area contributed by atoms with Crippen LogP contribution in [0.3, 0.4) is 0 Å². The summed E-state index contributed by atoms with van der Waals surface area (Å²) in [6.45, 7) is -0.667. The number of benzene rings is 2. The van der Waals surface area contributed by atoms with Crippen molar-refractivity contribution in [2.45, 2.75) is 30.7 Å². The molecule has 2 heterocycles. The Hall–Kier alpha value is -3.55. The minimum Gasteiger partial charge on any atom is -0.504 e. The number of aromatic hydroxyl groups is 2. The molecule has 35 heavy (non-hydrogen) atoms. The van der Waals surface area contributed by atoms with Crippen LogP contribution < -0.4 is 19.6 Å². The summed E-state index contributed by atoms with van der Waals surface area (Å²) >= 11 is 0. The highest BCUT2D eigenvalue weighted by molar-refractivity contribution is 5.89. The second-order valence-electron chi connectivity index (χ2n) is 7.81. The number of fused-ring (bicyclic) bond motifs is 1. The zero-order valence-corrected chi connectivity index (χ0v) is 18.6. The van der Waals surface area contributed by atoms with Crippen molar-refractivity contribution in [3.8, 4) is 40.1 Å². The van der Waals surface area contributed by atoms with Gasteiger partial charge in [-0.1, -0.05) is 0 Å². The van der Waals surface area contributed by atoms with Gasteiger partial charge in [0.1, 0.15) is 41.1 Å². The lowest BCUT2D eigenvalue weighted by Gasteiger charge is -2.39. The van der Waals surface area contributed by atoms with Gasteiger partial charge in [0, 0.05) is 17.7 Å². The average molecular weight is 492 g/mol. The van der Waals surface area contributed by atoms with Crippen LogP contribution >= 0.6 is 0 Å². The molecule has 0 bridgehead atoms. The number of aliphatic hydroxyl groups excluding tert-OH is 4. The van der Waals surface area contributed by atoms with Crippen LogP contribution in [0.2, 0.25) is 0 Å². The molecule has 0 aliphatic carbocycles. The Bertz CT molecular complexity index is 1280. The van der Waals surface area contributed by atoms with Crippen molar-refractivity contribution in [1.29, 1.82) is 0 Å². The number of phenols is 2. The SMILES string of the molecule is COc1cc(-c2cc(=O)c3c(O)c(OC)c(O[C@@H]4OC(CO)[C@@H](O)[C@H](O)C4O)cc3o2)ccc1O. The van der Waals surface area contributed by atoms with Crippen LogP contribution in [0.15, 0.2) is 39.5 Å². The molecule has 4 rings (SSSR count). The zero-order valence-electron chi connectivity index (χ0n) is 18.6. The lowest BCUT2D eigenvalue weighted by molar-refractivity contribution is -0.277. The third kappa shape index (κ3) is 4.33. The molecule has 1 saturated heterocycles. The number of rotatable bonds is 6. The van der Waals surface area contributed by atoms with Gasteiger partial charge in [-0.2, -0.15) is 0 Å². The largest absolute Gasteiger partial charge is 0.504 e. The normalized spacial score (nSPS) is 24.3. The fourth-order valence-electron chi connectivity index (χ4n) is 3.81. The van der Waals surface area contributed by atoms with E-state index in [1.807, 2.05) is 0 Å². The molecule has 12 heteroatoms. The van der Waals surface area contributed by atoms with Gasteiger partial charge in [0.15, 0.2) is 28.4 Å². The first-order valence-corrected chi connectivity index (χ1v) is 10.4. The van der Waals surface area contributed by atoms with Crippen LogP contribution in [0.4, 0.5) is 0 Å². The molecule has 2 unspecified atom stereocenters. The third-order valence-electron chi connectivity index (χ3n) is 5.67. The average Bonchev–Trinajstić information content (AvgIpc) is 2.84. The van der Waals surface area contributed by atoms with Gasteiger partial charge in [-0.15, -0.1) is 0 Å². The monoisotopic (exact) mass is 492 g/mol. The summed E-state index contributed by atoms with van der Waals surface area (Å²) in [5, 5.41) is 60.0. The van der Waals surface area contributed by atoms with Crippen molar-refractivity contribution in [3.05, 3.63) is 40.6 Å². The lowest BCUT2D eigenvalue weighted by Crippen LogP contribution is -2.60. The van der Waals surface area contributed by atoms with Gasteiger partial charge in [-0.05, 0) is 18.2 Å². The predicted octanol–water partition coefficient (Wildman–Crippen LogP) is 0.0671. The van der Waals surface area contributed by atoms with Crippen LogP contribution in [0, 0.1) is 0 Å². The Morgan fingerprint density at radius 2 is 1.69 bits per heavy atom. The quantitative estimate of drug-likeness (QED) is 0.272. The molecule has 0 radical (unpaired) electrons. The lowest BCUT2D eigenvalue weighted by atomic mass is 9.99. The fourth-order valence-corrected chi connectivity index (χ4v) is 3.81. The first-order valence-electron chi connectivity index (χ1n) is 10.4. The highest BCUT2D eigenvalue weighted by Gasteiger charge is 2.45. The second-order valence-corrected chi connectivity index (χ2v) is 7.81. The molecule has 3 aromatic rings. The minimum absolute atomic E-state index is 0.0872. The molecule has 2 aromatic carbocycles. The Morgan fingerprint density at radius 1 is 0.943 bits per heavy atom. The van der Waals surface area contributed by atoms with Crippen LogP contribution in [0.1, 0.15) is 0 Å². The van der Waals surface area contributed by atoms with Crippen molar-refractivity contribution in [3.63, 3.8) is 0 Å². The van der Waals surface area contributed by atoms with E-state index in [0.29, 0.717) is 5.56 Å². The molecular formula is C23H24O12. The Morgan fingerprint density at radius 3 is 2.34 bits per heavy atom. The zero-order chi connectivity index (χ0) is 25.4. The predicted molar refractivity (Wildman–Crippen MR) is 119 cm³/mol. The van der Waals surface area contributed by atoms with E-state index >= 15 is 0 Å². The minimum atomic E-state index is -1.72. The summed E-state index contributed by atoms with van der Waals surface area (Å²) in [4.78, 5) is 12.8. The van der Waals surface area contributed by atoms with Crippen molar-refractivity contribution in [1.82, 2.24) is 0 Å². The molecule has 6 N–H and O–H groups in total. The maximum atomic E-state index is 12.8. The van der Waals surface area contributed by atoms with E-state index in [0.717, 1.165) is 6.07 Å². The summed E-state index contributed by atoms with van der Waals surface area (Å²) in [7, 11) is 2.57. The summed E-state index contributed by atoms with van der Waals surface area (Å²) in [6.07, 6.45) is -7.82. The maximum Gasteiger partial charge on any atom is 0.229 e. The van der Waals surface area contributed by atoms with Crippen LogP contribution in [-0.4, -0.2) is 82.2 Å². The number of ether oxygens (including phenoxy) is 4. The van der Waals surface area contributed by atoms with Gasteiger partial charge in [-0.3, -0.25) is 4.79 Å². The molecular weight excluding hydrogens is 468 g/mol. The van der Waals surface area contributed by atoms with E-state index in [-0.39, 0.29) is 39.7 Å². The Kier molecular flexibility index (Phi) is 6.74. The number of hydrogen-bond acceptors (Lipinski definition) is 12. The van der Waals surface area contributed by atoms with E-state index < -0.39 is 48.5 Å². The molecule has 188 valence electrons. The fraction of sp³-hybridized carbons (Fsp3) is 0.348. The number of aliphatic hydroxyl groups is 4. The maximum absolute atomic E-state index is 12.8. The highest BCUT2D eigenvalue weighted by Crippen LogP contribution is 2.43. The van der Waals surface area contributed by atoms with Crippen LogP contribution in [0.25, 0.3) is 22.3 Å². The first-order chi connectivity index (χ1) is 16.7. The molecule has 5 atom stereocenters. The van der Waals surface area contributed by atoms with Gasteiger partial charge in [0.05, 0.1) is 20.8 Å². The molecule has 1 aliphatic rings. The van der Waals surface area contributed by atoms with E-state index in [9.17, 15) is 35.4 Å². The molecule has 1 fully saturated rings. The van der Waals surface area contributed by atoms with Gasteiger partial charge < -0.3 is 54.0 Å². The van der Waals surface area contributed by atoms with Crippen molar-refractivity contribution in [2.75, 3.05) is 20.8 Å². The first kappa shape index (κ1) is 24.6. The van der Waals surface area contributed by atoms with Gasteiger partial charge in [-0.25, -0.2) is 0 Å². The molecule has 1 aromatic heterocycles. The van der Waals surface area contributed by atoms with Gasteiger partial charge in [0.25, 0.3) is 0 Å². The Labute approximate surface area is 197 Å². The van der Waals surface area contributed by atoms with E-state index in [4.69, 9.17) is 23.4 Å².